The van der Waals surface area contributed by atoms with Gasteiger partial charge < -0.3 is 4.90 Å². The number of nitrogens with zero attached hydrogens (tertiary/aromatic N) is 2. The summed E-state index contributed by atoms with van der Waals surface area (Å²) < 4.78 is 28.1. The number of piperidine rings is 2. The van der Waals surface area contributed by atoms with Crippen LogP contribution in [0.4, 0.5) is 0 Å². The zero-order valence-corrected chi connectivity index (χ0v) is 17.6. The minimum Gasteiger partial charge on any atom is -0.303 e. The van der Waals surface area contributed by atoms with E-state index in [1.807, 2.05) is 32.9 Å². The highest BCUT2D eigenvalue weighted by Crippen LogP contribution is 2.29. The molecule has 4 nitrogen and oxygen atoms in total. The Labute approximate surface area is 159 Å². The maximum Gasteiger partial charge on any atom is 0.243 e. The summed E-state index contributed by atoms with van der Waals surface area (Å²) in [5.41, 5.74) is 2.85. The molecular formula is C21H34N2O2S. The molecule has 0 amide bonds. The molecule has 146 valence electrons. The lowest BCUT2D eigenvalue weighted by Crippen LogP contribution is -2.43. The number of hydrogen-bond donors (Lipinski definition) is 0. The monoisotopic (exact) mass is 378 g/mol. The number of benzene rings is 1. The Morgan fingerprint density at radius 1 is 1.00 bits per heavy atom. The Morgan fingerprint density at radius 3 is 2.19 bits per heavy atom. The van der Waals surface area contributed by atoms with Crippen molar-refractivity contribution in [2.75, 3.05) is 32.7 Å². The van der Waals surface area contributed by atoms with Gasteiger partial charge in [-0.15, -0.1) is 0 Å². The standard InChI is InChI=1S/C21H34N2O2S/c1-16-6-5-9-22(14-16)15-20-7-10-23(11-8-20)26(24,25)21-18(3)12-17(2)13-19(21)4/h12-13,16,20H,5-11,14-15H2,1-4H3/t16-/m1/s1. The molecule has 26 heavy (non-hydrogen) atoms. The number of likely N-dealkylation sites (tertiary alicyclic amines) is 1. The molecule has 2 saturated heterocycles. The van der Waals surface area contributed by atoms with E-state index in [1.165, 1.54) is 25.9 Å². The van der Waals surface area contributed by atoms with Crippen LogP contribution in [0.3, 0.4) is 0 Å². The summed E-state index contributed by atoms with van der Waals surface area (Å²) in [6.45, 7) is 13.1. The van der Waals surface area contributed by atoms with E-state index in [-0.39, 0.29) is 0 Å². The van der Waals surface area contributed by atoms with Crippen LogP contribution >= 0.6 is 0 Å². The second kappa shape index (κ2) is 7.99. The number of aryl methyl sites for hydroxylation is 3. The van der Waals surface area contributed by atoms with Gasteiger partial charge in [0.05, 0.1) is 4.90 Å². The van der Waals surface area contributed by atoms with Crippen molar-refractivity contribution in [2.45, 2.75) is 58.3 Å². The normalized spacial score (nSPS) is 24.1. The van der Waals surface area contributed by atoms with Crippen LogP contribution < -0.4 is 0 Å². The van der Waals surface area contributed by atoms with Crippen molar-refractivity contribution in [2.24, 2.45) is 11.8 Å². The highest BCUT2D eigenvalue weighted by Gasteiger charge is 2.32. The van der Waals surface area contributed by atoms with E-state index in [1.54, 1.807) is 4.31 Å². The molecule has 2 heterocycles. The average molecular weight is 379 g/mol. The number of hydrogen-bond acceptors (Lipinski definition) is 3. The summed E-state index contributed by atoms with van der Waals surface area (Å²) in [6, 6.07) is 3.95. The minimum atomic E-state index is -3.39. The largest absolute Gasteiger partial charge is 0.303 e. The van der Waals surface area contributed by atoms with Gasteiger partial charge in [0.1, 0.15) is 0 Å². The lowest BCUT2D eigenvalue weighted by molar-refractivity contribution is 0.136. The second-order valence-corrected chi connectivity index (χ2v) is 10.5. The first-order chi connectivity index (χ1) is 12.3. The number of rotatable bonds is 4. The van der Waals surface area contributed by atoms with Gasteiger partial charge in [0.25, 0.3) is 0 Å². The maximum absolute atomic E-state index is 13.2. The van der Waals surface area contributed by atoms with Crippen LogP contribution in [0.25, 0.3) is 0 Å². The summed E-state index contributed by atoms with van der Waals surface area (Å²) in [5, 5.41) is 0. The second-order valence-electron chi connectivity index (χ2n) is 8.58. The highest BCUT2D eigenvalue weighted by atomic mass is 32.2. The Bertz CT molecular complexity index is 713. The van der Waals surface area contributed by atoms with E-state index in [2.05, 4.69) is 11.8 Å². The molecule has 0 aromatic heterocycles. The van der Waals surface area contributed by atoms with Crippen molar-refractivity contribution in [3.63, 3.8) is 0 Å². The SMILES string of the molecule is Cc1cc(C)c(S(=O)(=O)N2CCC(CN3CCC[C@@H](C)C3)CC2)c(C)c1. The molecule has 0 spiro atoms. The van der Waals surface area contributed by atoms with E-state index in [4.69, 9.17) is 0 Å². The van der Waals surface area contributed by atoms with Crippen LogP contribution in [0.5, 0.6) is 0 Å². The van der Waals surface area contributed by atoms with Crippen molar-refractivity contribution >= 4 is 10.0 Å². The molecule has 3 rings (SSSR count). The van der Waals surface area contributed by atoms with Crippen molar-refractivity contribution in [3.8, 4) is 0 Å². The van der Waals surface area contributed by atoms with Crippen LogP contribution in [-0.4, -0.2) is 50.3 Å². The zero-order valence-electron chi connectivity index (χ0n) is 16.8. The molecule has 0 unspecified atom stereocenters. The first-order valence-corrected chi connectivity index (χ1v) is 11.5. The highest BCUT2D eigenvalue weighted by molar-refractivity contribution is 7.89. The van der Waals surface area contributed by atoms with Gasteiger partial charge in [-0.2, -0.15) is 4.31 Å². The minimum absolute atomic E-state index is 0.520. The van der Waals surface area contributed by atoms with Gasteiger partial charge in [-0.05, 0) is 76.0 Å². The van der Waals surface area contributed by atoms with Gasteiger partial charge in [-0.3, -0.25) is 0 Å². The smallest absolute Gasteiger partial charge is 0.243 e. The molecule has 2 aliphatic heterocycles. The van der Waals surface area contributed by atoms with E-state index >= 15 is 0 Å². The zero-order chi connectivity index (χ0) is 18.9. The number of sulfonamides is 1. The maximum atomic E-state index is 13.2. The molecule has 1 aromatic carbocycles. The van der Waals surface area contributed by atoms with Gasteiger partial charge in [0.15, 0.2) is 0 Å². The van der Waals surface area contributed by atoms with Gasteiger partial charge in [0.2, 0.25) is 10.0 Å². The molecule has 0 N–H and O–H groups in total. The molecular weight excluding hydrogens is 344 g/mol. The van der Waals surface area contributed by atoms with E-state index in [9.17, 15) is 8.42 Å². The quantitative estimate of drug-likeness (QED) is 0.801. The summed E-state index contributed by atoms with van der Waals surface area (Å²) in [6.07, 6.45) is 4.62. The third kappa shape index (κ3) is 4.32. The Morgan fingerprint density at radius 2 is 1.62 bits per heavy atom. The topological polar surface area (TPSA) is 40.6 Å². The first kappa shape index (κ1) is 19.8. The lowest BCUT2D eigenvalue weighted by atomic mass is 9.94. The third-order valence-corrected chi connectivity index (χ3v) is 8.24. The Balaban J connectivity index is 1.64. The molecule has 1 atom stereocenters. The average Bonchev–Trinajstić information content (AvgIpc) is 2.54. The van der Waals surface area contributed by atoms with Crippen molar-refractivity contribution < 1.29 is 8.42 Å². The van der Waals surface area contributed by atoms with Crippen LogP contribution in [-0.2, 0) is 10.0 Å². The fourth-order valence-electron chi connectivity index (χ4n) is 4.85. The summed E-state index contributed by atoms with van der Waals surface area (Å²) in [5.74, 6) is 1.43. The lowest BCUT2D eigenvalue weighted by Gasteiger charge is -2.37. The van der Waals surface area contributed by atoms with Crippen LogP contribution in [0, 0.1) is 32.6 Å². The first-order valence-electron chi connectivity index (χ1n) is 10.1. The molecule has 2 fully saturated rings. The molecule has 0 radical (unpaired) electrons. The van der Waals surface area contributed by atoms with Crippen LogP contribution in [0.2, 0.25) is 0 Å². The molecule has 1 aromatic rings. The molecule has 0 aliphatic carbocycles. The van der Waals surface area contributed by atoms with Crippen molar-refractivity contribution in [3.05, 3.63) is 28.8 Å². The van der Waals surface area contributed by atoms with Crippen LogP contribution in [0.1, 0.15) is 49.3 Å². The van der Waals surface area contributed by atoms with Crippen molar-refractivity contribution in [1.29, 1.82) is 0 Å². The van der Waals surface area contributed by atoms with E-state index in [0.29, 0.717) is 23.9 Å². The fourth-order valence-corrected chi connectivity index (χ4v) is 6.73. The summed E-state index contributed by atoms with van der Waals surface area (Å²) >= 11 is 0. The van der Waals surface area contributed by atoms with Crippen LogP contribution in [0.15, 0.2) is 17.0 Å². The van der Waals surface area contributed by atoms with Gasteiger partial charge >= 0.3 is 0 Å². The molecule has 0 saturated carbocycles. The predicted octanol–water partition coefficient (Wildman–Crippen LogP) is 3.74. The molecule has 0 bridgehead atoms. The van der Waals surface area contributed by atoms with Gasteiger partial charge in [0, 0.05) is 26.2 Å². The summed E-state index contributed by atoms with van der Waals surface area (Å²) in [7, 11) is -3.39. The van der Waals surface area contributed by atoms with Gasteiger partial charge in [-0.1, -0.05) is 24.6 Å². The van der Waals surface area contributed by atoms with Gasteiger partial charge in [-0.25, -0.2) is 8.42 Å². The Kier molecular flexibility index (Phi) is 6.10. The predicted molar refractivity (Wildman–Crippen MR) is 107 cm³/mol. The third-order valence-electron chi connectivity index (χ3n) is 6.03. The Hall–Kier alpha value is -0.910. The molecule has 5 heteroatoms. The van der Waals surface area contributed by atoms with Crippen molar-refractivity contribution in [1.82, 2.24) is 9.21 Å². The van der Waals surface area contributed by atoms with E-state index in [0.717, 1.165) is 42.0 Å². The molecule has 2 aliphatic rings. The van der Waals surface area contributed by atoms with E-state index < -0.39 is 10.0 Å². The summed E-state index contributed by atoms with van der Waals surface area (Å²) in [4.78, 5) is 3.11. The fraction of sp³-hybridized carbons (Fsp3) is 0.714.